The van der Waals surface area contributed by atoms with Crippen molar-refractivity contribution in [1.82, 2.24) is 9.29 Å². The van der Waals surface area contributed by atoms with Crippen molar-refractivity contribution in [3.05, 3.63) is 22.8 Å². The first-order chi connectivity index (χ1) is 8.91. The molecular weight excluding hydrogens is 330 g/mol. The molecular formula is C12H18BrN3O2S. The average Bonchev–Trinajstić information content (AvgIpc) is 2.39. The summed E-state index contributed by atoms with van der Waals surface area (Å²) in [6.07, 6.45) is 1.76. The number of pyridine rings is 1. The summed E-state index contributed by atoms with van der Waals surface area (Å²) in [6, 6.07) is 3.89. The molecule has 0 saturated carbocycles. The number of halogens is 1. The molecule has 0 N–H and O–H groups in total. The van der Waals surface area contributed by atoms with Gasteiger partial charge in [-0.1, -0.05) is 0 Å². The van der Waals surface area contributed by atoms with E-state index >= 15 is 0 Å². The number of aromatic nitrogens is 1. The lowest BCUT2D eigenvalue weighted by Crippen LogP contribution is -2.50. The molecule has 1 aliphatic rings. The highest BCUT2D eigenvalue weighted by Gasteiger charge is 2.29. The van der Waals surface area contributed by atoms with Crippen molar-refractivity contribution >= 4 is 31.8 Å². The number of sulfonamides is 1. The first kappa shape index (κ1) is 14.7. The molecule has 0 atom stereocenters. The second-order valence-electron chi connectivity index (χ2n) is 4.81. The van der Waals surface area contributed by atoms with Gasteiger partial charge in [0.15, 0.2) is 0 Å². The van der Waals surface area contributed by atoms with Crippen molar-refractivity contribution in [2.45, 2.75) is 19.1 Å². The van der Waals surface area contributed by atoms with E-state index in [4.69, 9.17) is 0 Å². The Morgan fingerprint density at radius 2 is 1.84 bits per heavy atom. The van der Waals surface area contributed by atoms with E-state index in [0.717, 1.165) is 10.3 Å². The van der Waals surface area contributed by atoms with Gasteiger partial charge in [-0.3, -0.25) is 0 Å². The van der Waals surface area contributed by atoms with Crippen molar-refractivity contribution in [2.75, 3.05) is 31.1 Å². The van der Waals surface area contributed by atoms with Gasteiger partial charge in [0.1, 0.15) is 5.82 Å². The maximum absolute atomic E-state index is 12.1. The third-order valence-electron chi connectivity index (χ3n) is 3.23. The SMILES string of the molecule is CC(C)S(=O)(=O)N1CCN(c2ccc(Br)cn2)CC1. The van der Waals surface area contributed by atoms with E-state index in [9.17, 15) is 8.42 Å². The van der Waals surface area contributed by atoms with Crippen LogP contribution in [0.15, 0.2) is 22.8 Å². The van der Waals surface area contributed by atoms with Crippen LogP contribution in [0.3, 0.4) is 0 Å². The largest absolute Gasteiger partial charge is 0.354 e. The molecule has 0 spiro atoms. The summed E-state index contributed by atoms with van der Waals surface area (Å²) >= 11 is 3.35. The summed E-state index contributed by atoms with van der Waals surface area (Å²) in [7, 11) is -3.13. The van der Waals surface area contributed by atoms with Crippen LogP contribution in [0.2, 0.25) is 0 Å². The molecule has 106 valence electrons. The molecule has 0 aliphatic carbocycles. The third-order valence-corrected chi connectivity index (χ3v) is 5.98. The summed E-state index contributed by atoms with van der Waals surface area (Å²) in [5, 5.41) is -0.357. The lowest BCUT2D eigenvalue weighted by atomic mass is 10.3. The van der Waals surface area contributed by atoms with Crippen LogP contribution in [0.25, 0.3) is 0 Å². The first-order valence-corrected chi connectivity index (χ1v) is 8.56. The Morgan fingerprint density at radius 3 is 2.32 bits per heavy atom. The molecule has 1 aromatic heterocycles. The van der Waals surface area contributed by atoms with E-state index in [1.165, 1.54) is 0 Å². The van der Waals surface area contributed by atoms with E-state index in [2.05, 4.69) is 25.8 Å². The fourth-order valence-corrected chi connectivity index (χ4v) is 3.53. The molecule has 2 rings (SSSR count). The number of hydrogen-bond donors (Lipinski definition) is 0. The highest BCUT2D eigenvalue weighted by atomic mass is 79.9. The van der Waals surface area contributed by atoms with Crippen LogP contribution in [0.4, 0.5) is 5.82 Å². The molecule has 5 nitrogen and oxygen atoms in total. The molecule has 19 heavy (non-hydrogen) atoms. The van der Waals surface area contributed by atoms with Crippen LogP contribution < -0.4 is 4.90 Å². The van der Waals surface area contributed by atoms with Crippen molar-refractivity contribution in [2.24, 2.45) is 0 Å². The second-order valence-corrected chi connectivity index (χ2v) is 8.22. The zero-order chi connectivity index (χ0) is 14.0. The number of rotatable bonds is 3. The van der Waals surface area contributed by atoms with E-state index < -0.39 is 10.0 Å². The fraction of sp³-hybridized carbons (Fsp3) is 0.583. The van der Waals surface area contributed by atoms with Crippen molar-refractivity contribution in [3.8, 4) is 0 Å². The average molecular weight is 348 g/mol. The smallest absolute Gasteiger partial charge is 0.216 e. The molecule has 2 heterocycles. The van der Waals surface area contributed by atoms with Crippen LogP contribution in [-0.4, -0.2) is 49.1 Å². The van der Waals surface area contributed by atoms with Gasteiger partial charge in [0, 0.05) is 36.8 Å². The van der Waals surface area contributed by atoms with Gasteiger partial charge in [0.25, 0.3) is 0 Å². The molecule has 0 radical (unpaired) electrons. The van der Waals surface area contributed by atoms with Gasteiger partial charge < -0.3 is 4.90 Å². The third kappa shape index (κ3) is 3.27. The van der Waals surface area contributed by atoms with Gasteiger partial charge in [0.05, 0.1) is 5.25 Å². The van der Waals surface area contributed by atoms with Crippen LogP contribution in [0, 0.1) is 0 Å². The number of nitrogens with zero attached hydrogens (tertiary/aromatic N) is 3. The van der Waals surface area contributed by atoms with Crippen LogP contribution in [0.1, 0.15) is 13.8 Å². The van der Waals surface area contributed by atoms with E-state index in [1.54, 1.807) is 24.3 Å². The van der Waals surface area contributed by atoms with E-state index in [1.807, 2.05) is 12.1 Å². The number of hydrogen-bond acceptors (Lipinski definition) is 4. The lowest BCUT2D eigenvalue weighted by Gasteiger charge is -2.35. The second kappa shape index (κ2) is 5.76. The quantitative estimate of drug-likeness (QED) is 0.835. The lowest BCUT2D eigenvalue weighted by molar-refractivity contribution is 0.380. The predicted molar refractivity (Wildman–Crippen MR) is 79.8 cm³/mol. The Balaban J connectivity index is 2.02. The molecule has 0 aromatic carbocycles. The van der Waals surface area contributed by atoms with Crippen molar-refractivity contribution < 1.29 is 8.42 Å². The normalized spacial score (nSPS) is 18.0. The highest BCUT2D eigenvalue weighted by molar-refractivity contribution is 9.10. The summed E-state index contributed by atoms with van der Waals surface area (Å²) in [5.74, 6) is 0.893. The molecule has 0 bridgehead atoms. The molecule has 1 aromatic rings. The minimum absolute atomic E-state index is 0.357. The zero-order valence-corrected chi connectivity index (χ0v) is 13.5. The summed E-state index contributed by atoms with van der Waals surface area (Å²) < 4.78 is 26.6. The van der Waals surface area contributed by atoms with Crippen LogP contribution in [0.5, 0.6) is 0 Å². The minimum Gasteiger partial charge on any atom is -0.354 e. The molecule has 1 fully saturated rings. The topological polar surface area (TPSA) is 53.5 Å². The Bertz CT molecular complexity index is 522. The summed E-state index contributed by atoms with van der Waals surface area (Å²) in [6.45, 7) is 5.85. The van der Waals surface area contributed by atoms with Gasteiger partial charge in [-0.2, -0.15) is 4.31 Å². The monoisotopic (exact) mass is 347 g/mol. The van der Waals surface area contributed by atoms with Crippen LogP contribution >= 0.6 is 15.9 Å². The Morgan fingerprint density at radius 1 is 1.21 bits per heavy atom. The van der Waals surface area contributed by atoms with Gasteiger partial charge in [-0.05, 0) is 41.9 Å². The van der Waals surface area contributed by atoms with Gasteiger partial charge in [-0.15, -0.1) is 0 Å². The molecule has 0 amide bonds. The standard InChI is InChI=1S/C12H18BrN3O2S/c1-10(2)19(17,18)16-7-5-15(6-8-16)12-4-3-11(13)9-14-12/h3-4,9-10H,5-8H2,1-2H3. The van der Waals surface area contributed by atoms with Crippen molar-refractivity contribution in [3.63, 3.8) is 0 Å². The number of piperazine rings is 1. The maximum atomic E-state index is 12.1. The Kier molecular flexibility index (Phi) is 4.47. The molecule has 7 heteroatoms. The Hall–Kier alpha value is -0.660. The molecule has 1 saturated heterocycles. The zero-order valence-electron chi connectivity index (χ0n) is 11.1. The maximum Gasteiger partial charge on any atom is 0.216 e. The van der Waals surface area contributed by atoms with Gasteiger partial charge in [-0.25, -0.2) is 13.4 Å². The Labute approximate surface area is 122 Å². The van der Waals surface area contributed by atoms with E-state index in [0.29, 0.717) is 26.2 Å². The first-order valence-electron chi connectivity index (χ1n) is 6.26. The van der Waals surface area contributed by atoms with E-state index in [-0.39, 0.29) is 5.25 Å². The van der Waals surface area contributed by atoms with Gasteiger partial charge >= 0.3 is 0 Å². The summed E-state index contributed by atoms with van der Waals surface area (Å²) in [5.41, 5.74) is 0. The molecule has 0 unspecified atom stereocenters. The summed E-state index contributed by atoms with van der Waals surface area (Å²) in [4.78, 5) is 6.45. The highest BCUT2D eigenvalue weighted by Crippen LogP contribution is 2.18. The predicted octanol–water partition coefficient (Wildman–Crippen LogP) is 1.70. The molecule has 1 aliphatic heterocycles. The number of anilines is 1. The van der Waals surface area contributed by atoms with Crippen molar-refractivity contribution in [1.29, 1.82) is 0 Å². The minimum atomic E-state index is -3.13. The van der Waals surface area contributed by atoms with Gasteiger partial charge in [0.2, 0.25) is 10.0 Å². The van der Waals surface area contributed by atoms with Crippen LogP contribution in [-0.2, 0) is 10.0 Å². The fourth-order valence-electron chi connectivity index (χ4n) is 2.02.